The molecule has 21 heavy (non-hydrogen) atoms. The molecule has 0 amide bonds. The Morgan fingerprint density at radius 2 is 1.76 bits per heavy atom. The molecule has 0 aliphatic heterocycles. The van der Waals surface area contributed by atoms with Crippen LogP contribution in [-0.2, 0) is 0 Å². The zero-order valence-electron chi connectivity index (χ0n) is 13.1. The Balaban J connectivity index is 2.22. The SMILES string of the molecule is CCN(CC)c1cc(C)nc(Nc2ccc(OC)cc2)n1. The molecule has 0 saturated heterocycles. The Kier molecular flexibility index (Phi) is 4.98. The Morgan fingerprint density at radius 1 is 1.10 bits per heavy atom. The third-order valence-electron chi connectivity index (χ3n) is 3.27. The number of benzene rings is 1. The largest absolute Gasteiger partial charge is 0.497 e. The average Bonchev–Trinajstić information content (AvgIpc) is 2.49. The summed E-state index contributed by atoms with van der Waals surface area (Å²) < 4.78 is 5.15. The van der Waals surface area contributed by atoms with Gasteiger partial charge in [-0.2, -0.15) is 4.98 Å². The number of hydrogen-bond donors (Lipinski definition) is 1. The zero-order chi connectivity index (χ0) is 15.2. The van der Waals surface area contributed by atoms with Gasteiger partial charge in [-0.3, -0.25) is 0 Å². The molecule has 0 aliphatic carbocycles. The maximum absolute atomic E-state index is 5.15. The van der Waals surface area contributed by atoms with E-state index in [2.05, 4.69) is 34.0 Å². The molecular weight excluding hydrogens is 264 g/mol. The third kappa shape index (κ3) is 3.84. The number of ether oxygens (including phenoxy) is 1. The second-order valence-electron chi connectivity index (χ2n) is 4.72. The van der Waals surface area contributed by atoms with Crippen LogP contribution >= 0.6 is 0 Å². The lowest BCUT2D eigenvalue weighted by Crippen LogP contribution is -2.23. The summed E-state index contributed by atoms with van der Waals surface area (Å²) in [5.41, 5.74) is 1.88. The van der Waals surface area contributed by atoms with Gasteiger partial charge < -0.3 is 15.0 Å². The quantitative estimate of drug-likeness (QED) is 0.882. The molecule has 2 rings (SSSR count). The van der Waals surface area contributed by atoms with E-state index < -0.39 is 0 Å². The van der Waals surface area contributed by atoms with Crippen LogP contribution in [0.15, 0.2) is 30.3 Å². The number of aromatic nitrogens is 2. The minimum Gasteiger partial charge on any atom is -0.497 e. The minimum atomic E-state index is 0.613. The molecule has 0 aliphatic rings. The lowest BCUT2D eigenvalue weighted by Gasteiger charge is -2.20. The monoisotopic (exact) mass is 286 g/mol. The van der Waals surface area contributed by atoms with Crippen LogP contribution in [0.1, 0.15) is 19.5 Å². The van der Waals surface area contributed by atoms with Crippen molar-refractivity contribution in [2.24, 2.45) is 0 Å². The number of nitrogens with zero attached hydrogens (tertiary/aromatic N) is 3. The number of nitrogens with one attached hydrogen (secondary N) is 1. The molecule has 0 atom stereocenters. The highest BCUT2D eigenvalue weighted by atomic mass is 16.5. The first kappa shape index (κ1) is 15.1. The number of hydrogen-bond acceptors (Lipinski definition) is 5. The molecule has 0 unspecified atom stereocenters. The fourth-order valence-corrected chi connectivity index (χ4v) is 2.12. The molecule has 112 valence electrons. The van der Waals surface area contributed by atoms with Crippen LogP contribution in [0.3, 0.4) is 0 Å². The lowest BCUT2D eigenvalue weighted by atomic mass is 10.3. The van der Waals surface area contributed by atoms with E-state index in [4.69, 9.17) is 4.74 Å². The van der Waals surface area contributed by atoms with Crippen molar-refractivity contribution in [2.75, 3.05) is 30.4 Å². The molecule has 5 heteroatoms. The van der Waals surface area contributed by atoms with E-state index in [1.807, 2.05) is 37.3 Å². The van der Waals surface area contributed by atoms with Gasteiger partial charge in [0.2, 0.25) is 5.95 Å². The van der Waals surface area contributed by atoms with Crippen molar-refractivity contribution in [3.05, 3.63) is 36.0 Å². The molecule has 0 saturated carbocycles. The van der Waals surface area contributed by atoms with Gasteiger partial charge in [0.1, 0.15) is 11.6 Å². The highest BCUT2D eigenvalue weighted by Gasteiger charge is 2.07. The maximum Gasteiger partial charge on any atom is 0.229 e. The van der Waals surface area contributed by atoms with Crippen molar-refractivity contribution < 1.29 is 4.74 Å². The Morgan fingerprint density at radius 3 is 2.33 bits per heavy atom. The molecule has 1 aromatic carbocycles. The predicted molar refractivity (Wildman–Crippen MR) is 86.6 cm³/mol. The van der Waals surface area contributed by atoms with Gasteiger partial charge in [0, 0.05) is 30.5 Å². The first-order valence-corrected chi connectivity index (χ1v) is 7.18. The molecule has 1 aromatic heterocycles. The molecule has 0 spiro atoms. The van der Waals surface area contributed by atoms with Crippen molar-refractivity contribution in [1.82, 2.24) is 9.97 Å². The number of anilines is 3. The summed E-state index contributed by atoms with van der Waals surface area (Å²) >= 11 is 0. The van der Waals surface area contributed by atoms with Crippen LogP contribution in [0, 0.1) is 6.92 Å². The molecule has 2 aromatic rings. The van der Waals surface area contributed by atoms with E-state index in [0.29, 0.717) is 5.95 Å². The van der Waals surface area contributed by atoms with Gasteiger partial charge >= 0.3 is 0 Å². The van der Waals surface area contributed by atoms with Crippen molar-refractivity contribution >= 4 is 17.5 Å². The molecule has 0 fully saturated rings. The summed E-state index contributed by atoms with van der Waals surface area (Å²) in [5, 5.41) is 3.24. The first-order valence-electron chi connectivity index (χ1n) is 7.18. The van der Waals surface area contributed by atoms with Gasteiger partial charge in [-0.15, -0.1) is 0 Å². The molecule has 1 heterocycles. The molecule has 1 N–H and O–H groups in total. The van der Waals surface area contributed by atoms with Gasteiger partial charge in [0.25, 0.3) is 0 Å². The standard InChI is InChI=1S/C16H22N4O/c1-5-20(6-2)15-11-12(3)17-16(19-15)18-13-7-9-14(21-4)10-8-13/h7-11H,5-6H2,1-4H3,(H,17,18,19). The van der Waals surface area contributed by atoms with E-state index in [1.165, 1.54) is 0 Å². The van der Waals surface area contributed by atoms with E-state index in [9.17, 15) is 0 Å². The topological polar surface area (TPSA) is 50.3 Å². The smallest absolute Gasteiger partial charge is 0.229 e. The second kappa shape index (κ2) is 6.92. The summed E-state index contributed by atoms with van der Waals surface area (Å²) in [6, 6.07) is 9.71. The summed E-state index contributed by atoms with van der Waals surface area (Å²) in [4.78, 5) is 11.2. The normalized spacial score (nSPS) is 10.3. The fourth-order valence-electron chi connectivity index (χ4n) is 2.12. The van der Waals surface area contributed by atoms with E-state index in [0.717, 1.165) is 36.0 Å². The number of methoxy groups -OCH3 is 1. The van der Waals surface area contributed by atoms with Crippen LogP contribution in [0.25, 0.3) is 0 Å². The van der Waals surface area contributed by atoms with Gasteiger partial charge in [-0.05, 0) is 45.0 Å². The van der Waals surface area contributed by atoms with Gasteiger partial charge in [0.15, 0.2) is 0 Å². The minimum absolute atomic E-state index is 0.613. The third-order valence-corrected chi connectivity index (χ3v) is 3.27. The highest BCUT2D eigenvalue weighted by Crippen LogP contribution is 2.20. The summed E-state index contributed by atoms with van der Waals surface area (Å²) in [6.45, 7) is 8.08. The van der Waals surface area contributed by atoms with Crippen LogP contribution < -0.4 is 15.0 Å². The first-order chi connectivity index (χ1) is 10.2. The van der Waals surface area contributed by atoms with Crippen LogP contribution in [0.2, 0.25) is 0 Å². The van der Waals surface area contributed by atoms with Gasteiger partial charge in [-0.1, -0.05) is 0 Å². The van der Waals surface area contributed by atoms with E-state index >= 15 is 0 Å². The average molecular weight is 286 g/mol. The van der Waals surface area contributed by atoms with E-state index in [1.54, 1.807) is 7.11 Å². The summed E-state index contributed by atoms with van der Waals surface area (Å²) in [5.74, 6) is 2.39. The number of aryl methyl sites for hydroxylation is 1. The zero-order valence-corrected chi connectivity index (χ0v) is 13.1. The summed E-state index contributed by atoms with van der Waals surface area (Å²) in [7, 11) is 1.66. The molecule has 0 radical (unpaired) electrons. The Bertz CT molecular complexity index is 579. The number of rotatable bonds is 6. The van der Waals surface area contributed by atoms with Crippen molar-refractivity contribution in [3.63, 3.8) is 0 Å². The predicted octanol–water partition coefficient (Wildman–Crippen LogP) is 3.38. The molecule has 0 bridgehead atoms. The van der Waals surface area contributed by atoms with Crippen LogP contribution in [-0.4, -0.2) is 30.2 Å². The molecule has 5 nitrogen and oxygen atoms in total. The Hall–Kier alpha value is -2.30. The maximum atomic E-state index is 5.15. The fraction of sp³-hybridized carbons (Fsp3) is 0.375. The lowest BCUT2D eigenvalue weighted by molar-refractivity contribution is 0.415. The summed E-state index contributed by atoms with van der Waals surface area (Å²) in [6.07, 6.45) is 0. The van der Waals surface area contributed by atoms with Gasteiger partial charge in [-0.25, -0.2) is 4.98 Å². The van der Waals surface area contributed by atoms with Crippen molar-refractivity contribution in [3.8, 4) is 5.75 Å². The van der Waals surface area contributed by atoms with Crippen molar-refractivity contribution in [2.45, 2.75) is 20.8 Å². The van der Waals surface area contributed by atoms with Crippen molar-refractivity contribution in [1.29, 1.82) is 0 Å². The molecular formula is C16H22N4O. The highest BCUT2D eigenvalue weighted by molar-refractivity contribution is 5.56. The Labute approximate surface area is 126 Å². The second-order valence-corrected chi connectivity index (χ2v) is 4.72. The van der Waals surface area contributed by atoms with E-state index in [-0.39, 0.29) is 0 Å². The van der Waals surface area contributed by atoms with Crippen LogP contribution in [0.5, 0.6) is 5.75 Å². The van der Waals surface area contributed by atoms with Crippen LogP contribution in [0.4, 0.5) is 17.5 Å². The van der Waals surface area contributed by atoms with Gasteiger partial charge in [0.05, 0.1) is 7.11 Å².